The number of carbonyl (C=O) groups is 3. The average molecular weight is 570 g/mol. The first kappa shape index (κ1) is 31.2. The van der Waals surface area contributed by atoms with Crippen LogP contribution in [0.3, 0.4) is 0 Å². The van der Waals surface area contributed by atoms with Crippen LogP contribution in [0, 0.1) is 0 Å². The molecule has 1 unspecified atom stereocenters. The van der Waals surface area contributed by atoms with Crippen molar-refractivity contribution >= 4 is 29.6 Å². The number of anilines is 1. The number of amides is 2. The molecular weight excluding hydrogens is 530 g/mol. The van der Waals surface area contributed by atoms with E-state index in [2.05, 4.69) is 10.4 Å². The number of nitrogens with one attached hydrogen (secondary N) is 1. The lowest BCUT2D eigenvalue weighted by Crippen LogP contribution is -2.43. The van der Waals surface area contributed by atoms with Gasteiger partial charge in [-0.15, -0.1) is 0 Å². The van der Waals surface area contributed by atoms with Crippen LogP contribution in [0.15, 0.2) is 42.7 Å². The molecule has 1 atom stereocenters. The number of hydrogen-bond acceptors (Lipinski definition) is 9. The van der Waals surface area contributed by atoms with E-state index >= 15 is 0 Å². The zero-order valence-corrected chi connectivity index (χ0v) is 24.9. The van der Waals surface area contributed by atoms with Crippen LogP contribution in [0.4, 0.5) is 15.4 Å². The Hall–Kier alpha value is -4.35. The Balaban J connectivity index is 1.90. The molecule has 2 amide bonds. The summed E-state index contributed by atoms with van der Waals surface area (Å²) in [4.78, 5) is 43.4. The second-order valence-electron chi connectivity index (χ2n) is 11.2. The molecule has 0 aliphatic carbocycles. The molecule has 12 nitrogen and oxygen atoms in total. The minimum atomic E-state index is -0.782. The number of aromatic nitrogens is 3. The van der Waals surface area contributed by atoms with Crippen LogP contribution in [0.25, 0.3) is 16.8 Å². The normalized spacial score (nSPS) is 12.4. The number of nitrogens with zero attached hydrogens (tertiary/aromatic N) is 4. The molecule has 1 N–H and O–H groups in total. The van der Waals surface area contributed by atoms with Crippen molar-refractivity contribution < 1.29 is 33.3 Å². The van der Waals surface area contributed by atoms with Gasteiger partial charge in [0.05, 0.1) is 12.8 Å². The summed E-state index contributed by atoms with van der Waals surface area (Å²) < 4.78 is 23.3. The minimum absolute atomic E-state index is 0.0792. The van der Waals surface area contributed by atoms with Crippen LogP contribution in [0.1, 0.15) is 55.4 Å². The molecule has 0 spiro atoms. The highest BCUT2D eigenvalue weighted by atomic mass is 16.6. The largest absolute Gasteiger partial charge is 0.479 e. The van der Waals surface area contributed by atoms with Crippen LogP contribution >= 0.6 is 0 Å². The summed E-state index contributed by atoms with van der Waals surface area (Å²) in [5.41, 5.74) is 0.498. The van der Waals surface area contributed by atoms with Gasteiger partial charge in [0.2, 0.25) is 0 Å². The Morgan fingerprint density at radius 2 is 1.76 bits per heavy atom. The molecule has 0 radical (unpaired) electrons. The van der Waals surface area contributed by atoms with Crippen LogP contribution in [0.5, 0.6) is 5.75 Å². The van der Waals surface area contributed by atoms with Gasteiger partial charge in [0, 0.05) is 24.8 Å². The van der Waals surface area contributed by atoms with E-state index in [-0.39, 0.29) is 19.7 Å². The maximum Gasteiger partial charge on any atom is 0.416 e. The lowest BCUT2D eigenvalue weighted by atomic mass is 10.1. The molecule has 0 bridgehead atoms. The Morgan fingerprint density at radius 3 is 2.41 bits per heavy atom. The second-order valence-corrected chi connectivity index (χ2v) is 11.2. The number of esters is 1. The molecule has 222 valence electrons. The monoisotopic (exact) mass is 569 g/mol. The average Bonchev–Trinajstić information content (AvgIpc) is 3.28. The molecule has 12 heteroatoms. The molecule has 0 aliphatic rings. The molecule has 2 aromatic heterocycles. The molecule has 3 rings (SSSR count). The van der Waals surface area contributed by atoms with Gasteiger partial charge in [-0.1, -0.05) is 12.1 Å². The lowest BCUT2D eigenvalue weighted by molar-refractivity contribution is -0.150. The first-order valence-electron chi connectivity index (χ1n) is 13.4. The fraction of sp³-hybridized carbons (Fsp3) is 0.483. The van der Waals surface area contributed by atoms with Gasteiger partial charge in [-0.3, -0.25) is 4.90 Å². The smallest absolute Gasteiger partial charge is 0.416 e. The summed E-state index contributed by atoms with van der Waals surface area (Å²) in [6.45, 7) is 14.4. The predicted molar refractivity (Wildman–Crippen MR) is 153 cm³/mol. The Bertz CT molecular complexity index is 1370. The van der Waals surface area contributed by atoms with Crippen molar-refractivity contribution in [1.29, 1.82) is 0 Å². The van der Waals surface area contributed by atoms with Crippen LogP contribution in [-0.2, 0) is 19.0 Å². The van der Waals surface area contributed by atoms with E-state index in [1.807, 2.05) is 6.07 Å². The maximum atomic E-state index is 13.2. The molecule has 0 fully saturated rings. The van der Waals surface area contributed by atoms with Crippen LogP contribution in [0.2, 0.25) is 0 Å². The fourth-order valence-electron chi connectivity index (χ4n) is 3.66. The summed E-state index contributed by atoms with van der Waals surface area (Å²) in [7, 11) is 0. The summed E-state index contributed by atoms with van der Waals surface area (Å²) in [6, 6.07) is 8.82. The fourth-order valence-corrected chi connectivity index (χ4v) is 3.66. The van der Waals surface area contributed by atoms with E-state index in [0.29, 0.717) is 22.8 Å². The number of rotatable bonds is 9. The topological polar surface area (TPSA) is 134 Å². The van der Waals surface area contributed by atoms with Gasteiger partial charge in [0.15, 0.2) is 11.8 Å². The first-order valence-corrected chi connectivity index (χ1v) is 13.4. The Kier molecular flexibility index (Phi) is 9.79. The molecule has 0 saturated carbocycles. The SMILES string of the molecule is CCOC(=O)C(C)Oc1cccc(-c2cnn3ccc(N(CCNC(=O)OC(C)(C)C)C(=O)OC(C)(C)C)nc23)c1. The Morgan fingerprint density at radius 1 is 1.05 bits per heavy atom. The summed E-state index contributed by atoms with van der Waals surface area (Å²) in [5.74, 6) is 0.327. The lowest BCUT2D eigenvalue weighted by Gasteiger charge is -2.27. The van der Waals surface area contributed by atoms with Crippen molar-refractivity contribution in [2.75, 3.05) is 24.6 Å². The van der Waals surface area contributed by atoms with Gasteiger partial charge < -0.3 is 24.3 Å². The second kappa shape index (κ2) is 12.9. The summed E-state index contributed by atoms with van der Waals surface area (Å²) >= 11 is 0. The number of fused-ring (bicyclic) bond motifs is 1. The number of benzene rings is 1. The maximum absolute atomic E-state index is 13.2. The number of hydrogen-bond donors (Lipinski definition) is 1. The van der Waals surface area contributed by atoms with Crippen LogP contribution < -0.4 is 15.0 Å². The van der Waals surface area contributed by atoms with Crippen molar-refractivity contribution in [1.82, 2.24) is 19.9 Å². The van der Waals surface area contributed by atoms with Crippen molar-refractivity contribution in [2.45, 2.75) is 72.7 Å². The Labute approximate surface area is 239 Å². The highest BCUT2D eigenvalue weighted by Gasteiger charge is 2.26. The molecule has 0 aliphatic heterocycles. The zero-order chi connectivity index (χ0) is 30.4. The number of carbonyl (C=O) groups excluding carboxylic acids is 3. The molecule has 41 heavy (non-hydrogen) atoms. The van der Waals surface area contributed by atoms with Gasteiger partial charge in [-0.2, -0.15) is 5.10 Å². The van der Waals surface area contributed by atoms with Crippen molar-refractivity contribution in [2.24, 2.45) is 0 Å². The number of alkyl carbamates (subject to hydrolysis) is 1. The molecule has 3 aromatic rings. The van der Waals surface area contributed by atoms with E-state index in [1.54, 1.807) is 96.6 Å². The van der Waals surface area contributed by atoms with Gasteiger partial charge >= 0.3 is 18.2 Å². The highest BCUT2D eigenvalue weighted by molar-refractivity contribution is 5.88. The third kappa shape index (κ3) is 9.09. The van der Waals surface area contributed by atoms with E-state index < -0.39 is 35.5 Å². The minimum Gasteiger partial charge on any atom is -0.479 e. The summed E-state index contributed by atoms with van der Waals surface area (Å²) in [5, 5.41) is 7.05. The van der Waals surface area contributed by atoms with Gasteiger partial charge in [0.1, 0.15) is 22.8 Å². The van der Waals surface area contributed by atoms with Gasteiger partial charge in [-0.25, -0.2) is 23.9 Å². The van der Waals surface area contributed by atoms with Crippen molar-refractivity contribution in [3.63, 3.8) is 0 Å². The molecule has 0 saturated heterocycles. The number of ether oxygens (including phenoxy) is 4. The van der Waals surface area contributed by atoms with Crippen molar-refractivity contribution in [3.05, 3.63) is 42.7 Å². The molecule has 2 heterocycles. The van der Waals surface area contributed by atoms with Gasteiger partial charge in [0.25, 0.3) is 0 Å². The van der Waals surface area contributed by atoms with E-state index in [9.17, 15) is 14.4 Å². The zero-order valence-electron chi connectivity index (χ0n) is 24.9. The van der Waals surface area contributed by atoms with Crippen LogP contribution in [-0.4, -0.2) is 69.8 Å². The van der Waals surface area contributed by atoms with E-state index in [0.717, 1.165) is 5.56 Å². The molecular formula is C29H39N5O7. The quantitative estimate of drug-likeness (QED) is 0.279. The third-order valence-electron chi connectivity index (χ3n) is 5.32. The summed E-state index contributed by atoms with van der Waals surface area (Å²) in [6.07, 6.45) is 1.34. The molecule has 1 aromatic carbocycles. The van der Waals surface area contributed by atoms with E-state index in [4.69, 9.17) is 23.9 Å². The highest BCUT2D eigenvalue weighted by Crippen LogP contribution is 2.29. The van der Waals surface area contributed by atoms with Gasteiger partial charge in [-0.05, 0) is 79.2 Å². The van der Waals surface area contributed by atoms with E-state index in [1.165, 1.54) is 4.90 Å². The first-order chi connectivity index (χ1) is 19.2. The third-order valence-corrected chi connectivity index (χ3v) is 5.32. The predicted octanol–water partition coefficient (Wildman–Crippen LogP) is 4.99. The van der Waals surface area contributed by atoms with Crippen molar-refractivity contribution in [3.8, 4) is 16.9 Å². The standard InChI is InChI=1S/C29H39N5O7/c1-9-38-25(35)19(2)39-21-12-10-11-20(17-21)22-18-31-34-15-13-23(32-24(22)34)33(27(37)41-29(6,7)8)16-14-30-26(36)40-28(3,4)5/h10-13,15,17-19H,9,14,16H2,1-8H3,(H,30,36).